The Morgan fingerprint density at radius 3 is 1.17 bits per heavy atom. The molecule has 0 amide bonds. The number of alkyl halides is 6. The van der Waals surface area contributed by atoms with Gasteiger partial charge in [0, 0.05) is 6.92 Å². The van der Waals surface area contributed by atoms with E-state index in [4.69, 9.17) is 5.11 Å². The number of hydrogen-bond donors (Lipinski definition) is 1. The minimum Gasteiger partial charge on any atom is -0.331 e. The van der Waals surface area contributed by atoms with Gasteiger partial charge in [0.2, 0.25) is 0 Å². The van der Waals surface area contributed by atoms with Crippen molar-refractivity contribution in [3.05, 3.63) is 0 Å². The van der Waals surface area contributed by atoms with Crippen molar-refractivity contribution in [1.82, 2.24) is 0 Å². The summed E-state index contributed by atoms with van der Waals surface area (Å²) in [6.07, 6.45) is -5.70. The molecule has 0 fully saturated rings. The first-order valence-corrected chi connectivity index (χ1v) is 2.36. The van der Waals surface area contributed by atoms with Crippen LogP contribution in [0, 0.1) is 0 Å². The van der Waals surface area contributed by atoms with Gasteiger partial charge < -0.3 is 5.11 Å². The number of hydrogen-bond acceptors (Lipinski definition) is 1. The molecule has 0 bridgehead atoms. The number of aliphatic hydroxyl groups is 1. The molecule has 0 atom stereocenters. The van der Waals surface area contributed by atoms with Crippen LogP contribution in [0.3, 0.4) is 0 Å². The fourth-order valence-electron chi connectivity index (χ4n) is 0.264. The predicted octanol–water partition coefficient (Wildman–Crippen LogP) is 2.01. The maximum Gasteiger partial charge on any atom is 0.423 e. The lowest BCUT2D eigenvalue weighted by Gasteiger charge is -2.26. The SMILES string of the molecule is CC(F)(F)C(F)(F)C(O)(F)F.F. The smallest absolute Gasteiger partial charge is 0.331 e. The van der Waals surface area contributed by atoms with Crippen molar-refractivity contribution in [3.8, 4) is 0 Å². The molecule has 76 valence electrons. The fraction of sp³-hybridized carbons (Fsp3) is 1.00. The van der Waals surface area contributed by atoms with Crippen LogP contribution >= 0.6 is 0 Å². The van der Waals surface area contributed by atoms with Gasteiger partial charge in [-0.05, 0) is 0 Å². The summed E-state index contributed by atoms with van der Waals surface area (Å²) in [6, 6.07) is 0. The van der Waals surface area contributed by atoms with E-state index in [1.807, 2.05) is 0 Å². The van der Waals surface area contributed by atoms with Crippen LogP contribution in [-0.2, 0) is 0 Å². The summed E-state index contributed by atoms with van der Waals surface area (Å²) in [5.41, 5.74) is 0. The van der Waals surface area contributed by atoms with Crippen LogP contribution in [0.5, 0.6) is 0 Å². The van der Waals surface area contributed by atoms with Gasteiger partial charge in [0.05, 0.1) is 0 Å². The highest BCUT2D eigenvalue weighted by molar-refractivity contribution is 4.86. The first-order valence-electron chi connectivity index (χ1n) is 2.36. The van der Waals surface area contributed by atoms with Gasteiger partial charge in [0.1, 0.15) is 0 Å². The van der Waals surface area contributed by atoms with E-state index in [2.05, 4.69) is 0 Å². The molecule has 0 aliphatic heterocycles. The molecule has 12 heavy (non-hydrogen) atoms. The third-order valence-corrected chi connectivity index (χ3v) is 0.929. The van der Waals surface area contributed by atoms with Crippen molar-refractivity contribution in [3.63, 3.8) is 0 Å². The molecule has 0 aromatic rings. The van der Waals surface area contributed by atoms with Gasteiger partial charge in [0.25, 0.3) is 0 Å². The average Bonchev–Trinajstić information content (AvgIpc) is 1.58. The maximum absolute atomic E-state index is 11.7. The van der Waals surface area contributed by atoms with Crippen molar-refractivity contribution in [2.45, 2.75) is 24.9 Å². The largest absolute Gasteiger partial charge is 0.423 e. The molecule has 0 aromatic heterocycles. The Bertz CT molecular complexity index is 126. The highest BCUT2D eigenvalue weighted by Gasteiger charge is 2.69. The van der Waals surface area contributed by atoms with Gasteiger partial charge in [-0.3, -0.25) is 4.70 Å². The monoisotopic (exact) mass is 202 g/mol. The normalized spacial score (nSPS) is 14.0. The zero-order chi connectivity index (χ0) is 9.50. The Hall–Kier alpha value is -0.530. The molecule has 1 nitrogen and oxygen atoms in total. The van der Waals surface area contributed by atoms with Gasteiger partial charge in [-0.15, -0.1) is 0 Å². The first kappa shape index (κ1) is 14.0. The Morgan fingerprint density at radius 2 is 1.17 bits per heavy atom. The van der Waals surface area contributed by atoms with E-state index in [9.17, 15) is 26.3 Å². The van der Waals surface area contributed by atoms with Crippen LogP contribution in [0.15, 0.2) is 0 Å². The molecular formula is C4H5F7O. The lowest BCUT2D eigenvalue weighted by molar-refractivity contribution is -0.379. The van der Waals surface area contributed by atoms with E-state index in [0.29, 0.717) is 0 Å². The highest BCUT2D eigenvalue weighted by atomic mass is 19.3. The first-order chi connectivity index (χ1) is 4.50. The van der Waals surface area contributed by atoms with E-state index in [0.717, 1.165) is 0 Å². The molecule has 0 heterocycles. The van der Waals surface area contributed by atoms with E-state index >= 15 is 0 Å². The molecule has 0 spiro atoms. The molecule has 0 rings (SSSR count). The summed E-state index contributed by atoms with van der Waals surface area (Å²) in [7, 11) is 0. The fourth-order valence-corrected chi connectivity index (χ4v) is 0.264. The zero-order valence-corrected chi connectivity index (χ0v) is 5.62. The van der Waals surface area contributed by atoms with E-state index in [-0.39, 0.29) is 4.70 Å². The van der Waals surface area contributed by atoms with Crippen molar-refractivity contribution in [2.24, 2.45) is 0 Å². The van der Waals surface area contributed by atoms with E-state index in [1.165, 1.54) is 0 Å². The van der Waals surface area contributed by atoms with Gasteiger partial charge >= 0.3 is 18.0 Å². The lowest BCUT2D eigenvalue weighted by Crippen LogP contribution is -2.52. The summed E-state index contributed by atoms with van der Waals surface area (Å²) in [5, 5.41) is 7.32. The number of halogens is 7. The van der Waals surface area contributed by atoms with E-state index in [1.54, 1.807) is 0 Å². The molecular weight excluding hydrogens is 197 g/mol. The van der Waals surface area contributed by atoms with Crippen molar-refractivity contribution in [1.29, 1.82) is 0 Å². The molecule has 0 radical (unpaired) electrons. The van der Waals surface area contributed by atoms with Gasteiger partial charge in [-0.1, -0.05) is 0 Å². The summed E-state index contributed by atoms with van der Waals surface area (Å²) in [5.74, 6) is -10.7. The minimum atomic E-state index is -5.74. The quantitative estimate of drug-likeness (QED) is 0.679. The van der Waals surface area contributed by atoms with E-state index < -0.39 is 24.9 Å². The molecule has 0 aliphatic rings. The molecule has 0 unspecified atom stereocenters. The van der Waals surface area contributed by atoms with Crippen LogP contribution in [0.4, 0.5) is 31.0 Å². The molecule has 0 aliphatic carbocycles. The summed E-state index contributed by atoms with van der Waals surface area (Å²) >= 11 is 0. The number of rotatable bonds is 2. The Labute approximate surface area is 62.4 Å². The van der Waals surface area contributed by atoms with Crippen molar-refractivity contribution < 1.29 is 36.2 Å². The van der Waals surface area contributed by atoms with Gasteiger partial charge in [-0.25, -0.2) is 0 Å². The Balaban J connectivity index is 0. The Kier molecular flexibility index (Phi) is 3.59. The summed E-state index contributed by atoms with van der Waals surface area (Å²) in [6.45, 7) is -0.406. The Morgan fingerprint density at radius 1 is 0.917 bits per heavy atom. The lowest BCUT2D eigenvalue weighted by atomic mass is 10.2. The maximum atomic E-state index is 11.7. The van der Waals surface area contributed by atoms with Gasteiger partial charge in [-0.2, -0.15) is 26.3 Å². The summed E-state index contributed by atoms with van der Waals surface area (Å²) in [4.78, 5) is 0. The topological polar surface area (TPSA) is 20.2 Å². The van der Waals surface area contributed by atoms with Crippen molar-refractivity contribution >= 4 is 0 Å². The predicted molar refractivity (Wildman–Crippen MR) is 25.2 cm³/mol. The highest BCUT2D eigenvalue weighted by Crippen LogP contribution is 2.43. The van der Waals surface area contributed by atoms with Crippen molar-refractivity contribution in [2.75, 3.05) is 0 Å². The molecule has 8 heteroatoms. The molecule has 1 N–H and O–H groups in total. The molecule has 0 saturated heterocycles. The third-order valence-electron chi connectivity index (χ3n) is 0.929. The zero-order valence-electron chi connectivity index (χ0n) is 5.62. The third kappa shape index (κ3) is 2.23. The molecule has 0 aromatic carbocycles. The average molecular weight is 202 g/mol. The van der Waals surface area contributed by atoms with Crippen LogP contribution in [0.25, 0.3) is 0 Å². The second kappa shape index (κ2) is 3.08. The van der Waals surface area contributed by atoms with Crippen LogP contribution in [0.2, 0.25) is 0 Å². The van der Waals surface area contributed by atoms with Gasteiger partial charge in [0.15, 0.2) is 0 Å². The van der Waals surface area contributed by atoms with Crippen LogP contribution in [0.1, 0.15) is 6.92 Å². The second-order valence-electron chi connectivity index (χ2n) is 2.00. The second-order valence-corrected chi connectivity index (χ2v) is 2.00. The molecule has 0 saturated carbocycles. The van der Waals surface area contributed by atoms with Crippen LogP contribution < -0.4 is 0 Å². The summed E-state index contributed by atoms with van der Waals surface area (Å²) < 4.78 is 69.2. The van der Waals surface area contributed by atoms with Crippen LogP contribution in [-0.4, -0.2) is 23.1 Å². The standard InChI is InChI=1S/C4H4F6O.FH/c1-2(5,6)3(7,8)4(9,10)11;/h11H,1H3;1H. The minimum absolute atomic E-state index is 0.